The summed E-state index contributed by atoms with van der Waals surface area (Å²) in [5.74, 6) is 0.845. The second-order valence-corrected chi connectivity index (χ2v) is 7.40. The molecular formula is C23H30N2O2. The average Bonchev–Trinajstić information content (AvgIpc) is 2.71. The largest absolute Gasteiger partial charge is 0.497 e. The first-order valence-corrected chi connectivity index (χ1v) is 9.82. The lowest BCUT2D eigenvalue weighted by molar-refractivity contribution is 0.0924. The Balaban J connectivity index is 1.76. The zero-order chi connectivity index (χ0) is 19.2. The lowest BCUT2D eigenvalue weighted by atomic mass is 10.0. The molecule has 2 aromatic rings. The van der Waals surface area contributed by atoms with Crippen LogP contribution in [0.15, 0.2) is 42.5 Å². The summed E-state index contributed by atoms with van der Waals surface area (Å²) in [5, 5.41) is 3.16. The summed E-state index contributed by atoms with van der Waals surface area (Å²) in [6, 6.07) is 14.2. The van der Waals surface area contributed by atoms with Crippen molar-refractivity contribution in [3.05, 3.63) is 64.7 Å². The van der Waals surface area contributed by atoms with Gasteiger partial charge >= 0.3 is 0 Å². The number of benzene rings is 2. The fourth-order valence-corrected chi connectivity index (χ4v) is 3.71. The van der Waals surface area contributed by atoms with Crippen molar-refractivity contribution in [2.45, 2.75) is 39.2 Å². The van der Waals surface area contributed by atoms with E-state index in [-0.39, 0.29) is 11.9 Å². The van der Waals surface area contributed by atoms with Crippen LogP contribution in [0.2, 0.25) is 0 Å². The predicted molar refractivity (Wildman–Crippen MR) is 109 cm³/mol. The number of aryl methyl sites for hydroxylation is 2. The summed E-state index contributed by atoms with van der Waals surface area (Å²) in [7, 11) is 1.69. The van der Waals surface area contributed by atoms with Crippen molar-refractivity contribution in [2.24, 2.45) is 0 Å². The van der Waals surface area contributed by atoms with Gasteiger partial charge in [0.25, 0.3) is 5.91 Å². The first kappa shape index (κ1) is 19.4. The maximum atomic E-state index is 12.7. The molecule has 1 aliphatic heterocycles. The number of likely N-dealkylation sites (tertiary alicyclic amines) is 1. The van der Waals surface area contributed by atoms with Gasteiger partial charge in [0.1, 0.15) is 5.75 Å². The number of rotatable bonds is 6. The van der Waals surface area contributed by atoms with Gasteiger partial charge in [0.05, 0.1) is 13.2 Å². The Hall–Kier alpha value is -2.33. The van der Waals surface area contributed by atoms with Gasteiger partial charge in [0, 0.05) is 12.1 Å². The Labute approximate surface area is 162 Å². The molecule has 0 saturated carbocycles. The van der Waals surface area contributed by atoms with Gasteiger partial charge < -0.3 is 10.1 Å². The monoisotopic (exact) mass is 366 g/mol. The molecule has 4 heteroatoms. The molecule has 4 nitrogen and oxygen atoms in total. The number of nitrogens with zero attached hydrogens (tertiary/aromatic N) is 1. The maximum Gasteiger partial charge on any atom is 0.251 e. The molecule has 0 spiro atoms. The number of methoxy groups -OCH3 is 1. The normalized spacial score (nSPS) is 16.0. The Morgan fingerprint density at radius 3 is 2.56 bits per heavy atom. The minimum Gasteiger partial charge on any atom is -0.497 e. The molecule has 1 fully saturated rings. The Morgan fingerprint density at radius 2 is 1.85 bits per heavy atom. The van der Waals surface area contributed by atoms with Crippen LogP contribution in [0.3, 0.4) is 0 Å². The molecule has 3 rings (SSSR count). The van der Waals surface area contributed by atoms with Gasteiger partial charge in [0.2, 0.25) is 0 Å². The van der Waals surface area contributed by atoms with Crippen LogP contribution in [-0.4, -0.2) is 37.6 Å². The fourth-order valence-electron chi connectivity index (χ4n) is 3.71. The second-order valence-electron chi connectivity index (χ2n) is 7.40. The number of amides is 1. The van der Waals surface area contributed by atoms with Gasteiger partial charge in [-0.1, -0.05) is 24.6 Å². The molecule has 1 unspecified atom stereocenters. The molecule has 0 aliphatic carbocycles. The van der Waals surface area contributed by atoms with Crippen molar-refractivity contribution in [3.63, 3.8) is 0 Å². The molecule has 0 radical (unpaired) electrons. The van der Waals surface area contributed by atoms with Crippen LogP contribution >= 0.6 is 0 Å². The maximum absolute atomic E-state index is 12.7. The summed E-state index contributed by atoms with van der Waals surface area (Å²) < 4.78 is 5.41. The molecular weight excluding hydrogens is 336 g/mol. The van der Waals surface area contributed by atoms with Gasteiger partial charge in [-0.05, 0) is 80.7 Å². The summed E-state index contributed by atoms with van der Waals surface area (Å²) >= 11 is 0. The van der Waals surface area contributed by atoms with Crippen molar-refractivity contribution in [3.8, 4) is 5.75 Å². The van der Waals surface area contributed by atoms with E-state index in [0.717, 1.165) is 30.0 Å². The highest BCUT2D eigenvalue weighted by Crippen LogP contribution is 2.27. The molecule has 1 heterocycles. The van der Waals surface area contributed by atoms with Crippen LogP contribution in [-0.2, 0) is 0 Å². The third kappa shape index (κ3) is 4.89. The summed E-state index contributed by atoms with van der Waals surface area (Å²) in [6.07, 6.45) is 3.72. The number of hydrogen-bond donors (Lipinski definition) is 1. The highest BCUT2D eigenvalue weighted by atomic mass is 16.5. The molecule has 0 bridgehead atoms. The van der Waals surface area contributed by atoms with E-state index in [1.54, 1.807) is 7.11 Å². The van der Waals surface area contributed by atoms with E-state index in [9.17, 15) is 4.79 Å². The highest BCUT2D eigenvalue weighted by molar-refractivity contribution is 5.94. The Bertz CT molecular complexity index is 782. The first-order valence-electron chi connectivity index (χ1n) is 9.82. The van der Waals surface area contributed by atoms with Crippen LogP contribution in [0.5, 0.6) is 5.75 Å². The number of hydrogen-bond acceptors (Lipinski definition) is 3. The number of piperidine rings is 1. The van der Waals surface area contributed by atoms with E-state index in [4.69, 9.17) is 4.74 Å². The van der Waals surface area contributed by atoms with Crippen LogP contribution in [0.25, 0.3) is 0 Å². The Morgan fingerprint density at radius 1 is 1.07 bits per heavy atom. The van der Waals surface area contributed by atoms with Gasteiger partial charge in [-0.15, -0.1) is 0 Å². The molecule has 1 saturated heterocycles. The zero-order valence-electron chi connectivity index (χ0n) is 16.6. The summed E-state index contributed by atoms with van der Waals surface area (Å²) in [4.78, 5) is 15.2. The van der Waals surface area contributed by atoms with Crippen molar-refractivity contribution < 1.29 is 9.53 Å². The molecule has 1 amide bonds. The first-order chi connectivity index (χ1) is 13.1. The molecule has 144 valence electrons. The van der Waals surface area contributed by atoms with Crippen LogP contribution in [0, 0.1) is 13.8 Å². The molecule has 0 aromatic heterocycles. The average molecular weight is 367 g/mol. The number of carbonyl (C=O) groups excluding carboxylic acids is 1. The number of nitrogens with one attached hydrogen (secondary N) is 1. The van der Waals surface area contributed by atoms with Gasteiger partial charge in [-0.2, -0.15) is 0 Å². The third-order valence-corrected chi connectivity index (χ3v) is 5.54. The van der Waals surface area contributed by atoms with E-state index in [0.29, 0.717) is 6.54 Å². The van der Waals surface area contributed by atoms with E-state index in [2.05, 4.69) is 29.3 Å². The molecule has 27 heavy (non-hydrogen) atoms. The molecule has 1 aliphatic rings. The second kappa shape index (κ2) is 9.05. The van der Waals surface area contributed by atoms with Gasteiger partial charge in [-0.3, -0.25) is 9.69 Å². The zero-order valence-corrected chi connectivity index (χ0v) is 16.6. The standard InChI is InChI=1S/C23H30N2O2/c1-17-10-11-20(14-18(17)2)23(26)24-16-22(25-12-5-4-6-13-25)19-8-7-9-21(15-19)27-3/h7-11,14-15,22H,4-6,12-13,16H2,1-3H3,(H,24,26). The highest BCUT2D eigenvalue weighted by Gasteiger charge is 2.23. The minimum atomic E-state index is -0.0111. The van der Waals surface area contributed by atoms with E-state index < -0.39 is 0 Å². The Kier molecular flexibility index (Phi) is 6.51. The van der Waals surface area contributed by atoms with Crippen molar-refractivity contribution in [2.75, 3.05) is 26.7 Å². The topological polar surface area (TPSA) is 41.6 Å². The lowest BCUT2D eigenvalue weighted by Gasteiger charge is -2.35. The van der Waals surface area contributed by atoms with Crippen LogP contribution in [0.1, 0.15) is 52.4 Å². The predicted octanol–water partition coefficient (Wildman–Crippen LogP) is 4.27. The molecule has 1 N–H and O–H groups in total. The van der Waals surface area contributed by atoms with Crippen molar-refractivity contribution in [1.82, 2.24) is 10.2 Å². The molecule has 1 atom stereocenters. The SMILES string of the molecule is COc1cccc(C(CNC(=O)c2ccc(C)c(C)c2)N2CCCCC2)c1. The molecule has 2 aromatic carbocycles. The number of ether oxygens (including phenoxy) is 1. The summed E-state index contributed by atoms with van der Waals surface area (Å²) in [6.45, 7) is 6.84. The summed E-state index contributed by atoms with van der Waals surface area (Å²) in [5.41, 5.74) is 4.26. The van der Waals surface area contributed by atoms with Gasteiger partial charge in [-0.25, -0.2) is 0 Å². The van der Waals surface area contributed by atoms with Crippen molar-refractivity contribution in [1.29, 1.82) is 0 Å². The van der Waals surface area contributed by atoms with E-state index in [1.807, 2.05) is 37.3 Å². The van der Waals surface area contributed by atoms with Crippen LogP contribution in [0.4, 0.5) is 0 Å². The van der Waals surface area contributed by atoms with Gasteiger partial charge in [0.15, 0.2) is 0 Å². The lowest BCUT2D eigenvalue weighted by Crippen LogP contribution is -2.40. The van der Waals surface area contributed by atoms with Crippen LogP contribution < -0.4 is 10.1 Å². The van der Waals surface area contributed by atoms with Crippen molar-refractivity contribution >= 4 is 5.91 Å². The quantitative estimate of drug-likeness (QED) is 0.830. The number of carbonyl (C=O) groups is 1. The minimum absolute atomic E-state index is 0.0111. The third-order valence-electron chi connectivity index (χ3n) is 5.54. The smallest absolute Gasteiger partial charge is 0.251 e. The van der Waals surface area contributed by atoms with E-state index in [1.165, 1.54) is 30.4 Å². The van der Waals surface area contributed by atoms with E-state index >= 15 is 0 Å². The fraction of sp³-hybridized carbons (Fsp3) is 0.435.